The monoisotopic (exact) mass is 196 g/mol. The molecule has 14 heavy (non-hydrogen) atoms. The van der Waals surface area contributed by atoms with Crippen LogP contribution in [0.25, 0.3) is 0 Å². The summed E-state index contributed by atoms with van der Waals surface area (Å²) in [5.74, 6) is 4.12. The highest BCUT2D eigenvalue weighted by molar-refractivity contribution is 5.05. The molecule has 0 saturated heterocycles. The van der Waals surface area contributed by atoms with Crippen LogP contribution in [-0.4, -0.2) is 6.67 Å². The van der Waals surface area contributed by atoms with Crippen LogP contribution >= 0.6 is 0 Å². The first kappa shape index (κ1) is 10.2. The van der Waals surface area contributed by atoms with E-state index in [-0.39, 0.29) is 6.67 Å². The molecule has 5 unspecified atom stereocenters. The second kappa shape index (κ2) is 4.04. The van der Waals surface area contributed by atoms with Crippen molar-refractivity contribution in [3.8, 4) is 0 Å². The Kier molecular flexibility index (Phi) is 2.94. The van der Waals surface area contributed by atoms with E-state index in [1.807, 2.05) is 0 Å². The smallest absolute Gasteiger partial charge is 0.108 e. The Morgan fingerprint density at radius 3 is 2.79 bits per heavy atom. The van der Waals surface area contributed by atoms with Crippen LogP contribution in [0.4, 0.5) is 4.39 Å². The number of alkyl halides is 1. The number of allylic oxidation sites excluding steroid dienone is 2. The molecule has 0 aromatic carbocycles. The lowest BCUT2D eigenvalue weighted by Crippen LogP contribution is -2.37. The minimum Gasteiger partial charge on any atom is -0.247 e. The maximum absolute atomic E-state index is 12.1. The van der Waals surface area contributed by atoms with Crippen LogP contribution < -0.4 is 0 Å². The lowest BCUT2D eigenvalue weighted by Gasteiger charge is -2.44. The SMILES string of the molecule is CC1CCC2CC(C1C)C2/C=C\CF. The standard InChI is InChI=1S/C13H21F/c1-9-5-6-11-8-13(10(9)2)12(11)4-3-7-14/h3-4,9-13H,5-8H2,1-2H3/b4-3-. The van der Waals surface area contributed by atoms with E-state index in [0.29, 0.717) is 5.92 Å². The third-order valence-electron chi connectivity index (χ3n) is 4.63. The minimum absolute atomic E-state index is 0.292. The molecule has 2 bridgehead atoms. The maximum atomic E-state index is 12.1. The Morgan fingerprint density at radius 1 is 1.29 bits per heavy atom. The number of hydrogen-bond donors (Lipinski definition) is 0. The molecule has 1 heteroatoms. The van der Waals surface area contributed by atoms with E-state index in [0.717, 1.165) is 23.7 Å². The summed E-state index contributed by atoms with van der Waals surface area (Å²) in [6, 6.07) is 0. The predicted octanol–water partition coefficient (Wildman–Crippen LogP) is 3.83. The molecule has 0 nitrogen and oxygen atoms in total. The molecule has 0 aromatic rings. The zero-order valence-corrected chi connectivity index (χ0v) is 9.25. The predicted molar refractivity (Wildman–Crippen MR) is 57.8 cm³/mol. The average Bonchev–Trinajstić information content (AvgIpc) is 2.34. The molecule has 0 N–H and O–H groups in total. The molecule has 0 amide bonds. The van der Waals surface area contributed by atoms with E-state index >= 15 is 0 Å². The first-order chi connectivity index (χ1) is 6.74. The topological polar surface area (TPSA) is 0 Å². The Bertz CT molecular complexity index is 219. The second-order valence-electron chi connectivity index (χ2n) is 5.23. The van der Waals surface area contributed by atoms with Gasteiger partial charge in [0.25, 0.3) is 0 Å². The molecular weight excluding hydrogens is 175 g/mol. The van der Waals surface area contributed by atoms with Crippen molar-refractivity contribution in [2.45, 2.75) is 33.1 Å². The molecule has 5 atom stereocenters. The molecule has 80 valence electrons. The van der Waals surface area contributed by atoms with Gasteiger partial charge in [0.05, 0.1) is 0 Å². The normalized spacial score (nSPS) is 47.5. The zero-order chi connectivity index (χ0) is 10.1. The van der Waals surface area contributed by atoms with Crippen LogP contribution in [0.15, 0.2) is 12.2 Å². The molecule has 3 fully saturated rings. The Balaban J connectivity index is 2.04. The number of hydrogen-bond acceptors (Lipinski definition) is 0. The van der Waals surface area contributed by atoms with Crippen LogP contribution in [0.1, 0.15) is 33.1 Å². The lowest BCUT2D eigenvalue weighted by atomic mass is 9.60. The van der Waals surface area contributed by atoms with Gasteiger partial charge in [-0.1, -0.05) is 32.4 Å². The second-order valence-corrected chi connectivity index (χ2v) is 5.23. The van der Waals surface area contributed by atoms with Gasteiger partial charge in [-0.3, -0.25) is 0 Å². The van der Waals surface area contributed by atoms with Crippen LogP contribution in [0.5, 0.6) is 0 Å². The van der Waals surface area contributed by atoms with Crippen molar-refractivity contribution >= 4 is 0 Å². The van der Waals surface area contributed by atoms with Crippen molar-refractivity contribution < 1.29 is 4.39 Å². The molecule has 3 rings (SSSR count). The average molecular weight is 196 g/mol. The van der Waals surface area contributed by atoms with Crippen LogP contribution in [0, 0.1) is 29.6 Å². The van der Waals surface area contributed by atoms with E-state index in [2.05, 4.69) is 19.9 Å². The fourth-order valence-corrected chi connectivity index (χ4v) is 3.36. The van der Waals surface area contributed by atoms with Crippen molar-refractivity contribution in [1.29, 1.82) is 0 Å². The Labute approximate surface area is 86.6 Å². The number of halogens is 1. The van der Waals surface area contributed by atoms with Crippen LogP contribution in [-0.2, 0) is 0 Å². The summed E-state index contributed by atoms with van der Waals surface area (Å²) in [6.45, 7) is 4.47. The Morgan fingerprint density at radius 2 is 2.07 bits per heavy atom. The zero-order valence-electron chi connectivity index (χ0n) is 9.25. The molecule has 0 radical (unpaired) electrons. The molecular formula is C13H21F. The van der Waals surface area contributed by atoms with Crippen LogP contribution in [0.2, 0.25) is 0 Å². The summed E-state index contributed by atoms with van der Waals surface area (Å²) in [5, 5.41) is 0. The number of fused-ring (bicyclic) bond motifs is 3. The van der Waals surface area contributed by atoms with E-state index in [9.17, 15) is 4.39 Å². The first-order valence-corrected chi connectivity index (χ1v) is 5.96. The highest BCUT2D eigenvalue weighted by Crippen LogP contribution is 2.53. The van der Waals surface area contributed by atoms with Gasteiger partial charge in [-0.2, -0.15) is 0 Å². The van der Waals surface area contributed by atoms with Gasteiger partial charge in [0.2, 0.25) is 0 Å². The summed E-state index contributed by atoms with van der Waals surface area (Å²) < 4.78 is 12.1. The summed E-state index contributed by atoms with van der Waals surface area (Å²) >= 11 is 0. The summed E-state index contributed by atoms with van der Waals surface area (Å²) in [6.07, 6.45) is 8.00. The largest absolute Gasteiger partial charge is 0.247 e. The molecule has 3 aliphatic carbocycles. The van der Waals surface area contributed by atoms with Crippen LogP contribution in [0.3, 0.4) is 0 Å². The van der Waals surface area contributed by atoms with Gasteiger partial charge >= 0.3 is 0 Å². The van der Waals surface area contributed by atoms with E-state index in [4.69, 9.17) is 0 Å². The van der Waals surface area contributed by atoms with Crippen molar-refractivity contribution in [2.24, 2.45) is 29.6 Å². The van der Waals surface area contributed by atoms with Crippen molar-refractivity contribution in [1.82, 2.24) is 0 Å². The maximum Gasteiger partial charge on any atom is 0.108 e. The summed E-state index contributed by atoms with van der Waals surface area (Å²) in [4.78, 5) is 0. The van der Waals surface area contributed by atoms with Gasteiger partial charge in [0.1, 0.15) is 6.67 Å². The minimum atomic E-state index is -0.292. The number of rotatable bonds is 2. The van der Waals surface area contributed by atoms with Gasteiger partial charge in [0.15, 0.2) is 0 Å². The fourth-order valence-electron chi connectivity index (χ4n) is 3.36. The molecule has 3 aliphatic rings. The summed E-state index contributed by atoms with van der Waals surface area (Å²) in [5.41, 5.74) is 0. The van der Waals surface area contributed by atoms with E-state index in [1.54, 1.807) is 6.08 Å². The molecule has 0 heterocycles. The quantitative estimate of drug-likeness (QED) is 0.589. The van der Waals surface area contributed by atoms with Crippen molar-refractivity contribution in [2.75, 3.05) is 6.67 Å². The highest BCUT2D eigenvalue weighted by Gasteiger charge is 2.45. The molecule has 0 aromatic heterocycles. The highest BCUT2D eigenvalue weighted by atomic mass is 19.1. The molecule has 0 spiro atoms. The summed E-state index contributed by atoms with van der Waals surface area (Å²) in [7, 11) is 0. The lowest BCUT2D eigenvalue weighted by molar-refractivity contribution is 0.0734. The van der Waals surface area contributed by atoms with Crippen molar-refractivity contribution in [3.63, 3.8) is 0 Å². The van der Waals surface area contributed by atoms with Crippen molar-refractivity contribution in [3.05, 3.63) is 12.2 Å². The Hall–Kier alpha value is -0.330. The molecule has 3 saturated carbocycles. The van der Waals surface area contributed by atoms with Gasteiger partial charge in [-0.05, 0) is 42.4 Å². The van der Waals surface area contributed by atoms with Gasteiger partial charge in [0, 0.05) is 0 Å². The fraction of sp³-hybridized carbons (Fsp3) is 0.846. The third kappa shape index (κ3) is 1.62. The first-order valence-electron chi connectivity index (χ1n) is 5.96. The van der Waals surface area contributed by atoms with Gasteiger partial charge in [-0.15, -0.1) is 0 Å². The van der Waals surface area contributed by atoms with E-state index < -0.39 is 0 Å². The van der Waals surface area contributed by atoms with Gasteiger partial charge < -0.3 is 0 Å². The van der Waals surface area contributed by atoms with Gasteiger partial charge in [-0.25, -0.2) is 4.39 Å². The van der Waals surface area contributed by atoms with E-state index in [1.165, 1.54) is 19.3 Å². The third-order valence-corrected chi connectivity index (χ3v) is 4.63. The molecule has 0 aliphatic heterocycles.